The Morgan fingerprint density at radius 3 is 2.37 bits per heavy atom. The van der Waals surface area contributed by atoms with Gasteiger partial charge in [-0.3, -0.25) is 9.59 Å². The summed E-state index contributed by atoms with van der Waals surface area (Å²) >= 11 is 0. The molecule has 1 amide bonds. The maximum absolute atomic E-state index is 13.0. The van der Waals surface area contributed by atoms with Gasteiger partial charge in [-0.2, -0.15) is 0 Å². The van der Waals surface area contributed by atoms with Crippen LogP contribution < -0.4 is 9.47 Å². The zero-order chi connectivity index (χ0) is 21.3. The number of para-hydroxylation sites is 1. The monoisotopic (exact) mass is 411 g/mol. The van der Waals surface area contributed by atoms with E-state index in [1.54, 1.807) is 11.0 Å². The number of esters is 1. The zero-order valence-corrected chi connectivity index (χ0v) is 17.6. The molecule has 160 valence electrons. The topological polar surface area (TPSA) is 65.1 Å². The minimum atomic E-state index is -0.161. The summed E-state index contributed by atoms with van der Waals surface area (Å²) < 4.78 is 16.7. The van der Waals surface area contributed by atoms with Gasteiger partial charge in [-0.1, -0.05) is 18.2 Å². The van der Waals surface area contributed by atoms with Gasteiger partial charge in [0.1, 0.15) is 18.1 Å². The lowest BCUT2D eigenvalue weighted by molar-refractivity contribution is -0.149. The first-order valence-electron chi connectivity index (χ1n) is 10.5. The molecule has 0 atom stereocenters. The van der Waals surface area contributed by atoms with E-state index in [1.165, 1.54) is 0 Å². The molecule has 1 heterocycles. The summed E-state index contributed by atoms with van der Waals surface area (Å²) in [5.41, 5.74) is 1.42. The number of likely N-dealkylation sites (tertiary alicyclic amines) is 1. The van der Waals surface area contributed by atoms with Gasteiger partial charge < -0.3 is 19.1 Å². The van der Waals surface area contributed by atoms with Crippen molar-refractivity contribution in [2.24, 2.45) is 5.92 Å². The Hall–Kier alpha value is -3.02. The van der Waals surface area contributed by atoms with Crippen LogP contribution in [0.1, 0.15) is 42.6 Å². The van der Waals surface area contributed by atoms with E-state index in [2.05, 4.69) is 0 Å². The van der Waals surface area contributed by atoms with Crippen molar-refractivity contribution in [3.63, 3.8) is 0 Å². The minimum absolute atomic E-state index is 0.0404. The molecule has 0 saturated carbocycles. The van der Waals surface area contributed by atoms with E-state index in [-0.39, 0.29) is 17.8 Å². The smallest absolute Gasteiger partial charge is 0.309 e. The predicted octanol–water partition coefficient (Wildman–Crippen LogP) is 4.08. The quantitative estimate of drug-likeness (QED) is 0.613. The molecule has 2 aromatic carbocycles. The van der Waals surface area contributed by atoms with Crippen LogP contribution in [0.3, 0.4) is 0 Å². The van der Waals surface area contributed by atoms with E-state index < -0.39 is 0 Å². The van der Waals surface area contributed by atoms with Gasteiger partial charge in [-0.05, 0) is 57.0 Å². The van der Waals surface area contributed by atoms with Gasteiger partial charge in [0.2, 0.25) is 0 Å². The summed E-state index contributed by atoms with van der Waals surface area (Å²) in [4.78, 5) is 26.7. The van der Waals surface area contributed by atoms with Crippen LogP contribution >= 0.6 is 0 Å². The van der Waals surface area contributed by atoms with Crippen LogP contribution in [0.25, 0.3) is 0 Å². The molecule has 1 saturated heterocycles. The van der Waals surface area contributed by atoms with Crippen molar-refractivity contribution in [2.45, 2.75) is 33.3 Å². The van der Waals surface area contributed by atoms with E-state index in [0.717, 1.165) is 11.3 Å². The third-order valence-electron chi connectivity index (χ3n) is 5.15. The molecule has 6 heteroatoms. The van der Waals surface area contributed by atoms with Crippen molar-refractivity contribution in [3.05, 3.63) is 59.7 Å². The van der Waals surface area contributed by atoms with E-state index in [9.17, 15) is 9.59 Å². The lowest BCUT2D eigenvalue weighted by Crippen LogP contribution is -2.40. The normalized spacial score (nSPS) is 14.3. The molecule has 0 radical (unpaired) electrons. The molecule has 3 rings (SSSR count). The first kappa shape index (κ1) is 21.7. The van der Waals surface area contributed by atoms with Gasteiger partial charge in [0.25, 0.3) is 5.91 Å². The van der Waals surface area contributed by atoms with Crippen LogP contribution in [0.5, 0.6) is 11.5 Å². The van der Waals surface area contributed by atoms with E-state index in [1.807, 2.05) is 56.3 Å². The Balaban J connectivity index is 1.68. The van der Waals surface area contributed by atoms with Crippen molar-refractivity contribution < 1.29 is 23.8 Å². The highest BCUT2D eigenvalue weighted by atomic mass is 16.5. The van der Waals surface area contributed by atoms with Gasteiger partial charge in [-0.25, -0.2) is 0 Å². The zero-order valence-electron chi connectivity index (χ0n) is 17.6. The Morgan fingerprint density at radius 1 is 0.967 bits per heavy atom. The molecule has 30 heavy (non-hydrogen) atoms. The van der Waals surface area contributed by atoms with Crippen LogP contribution in [-0.2, 0) is 16.1 Å². The first-order chi connectivity index (χ1) is 14.6. The standard InChI is InChI=1S/C24H29NO5/c1-3-28-22-11-10-19(16-20(22)17-30-21-8-6-5-7-9-21)23(26)25-14-12-18(13-15-25)24(27)29-4-2/h5-11,16,18H,3-4,12-15,17H2,1-2H3. The fraction of sp³-hybridized carbons (Fsp3) is 0.417. The van der Waals surface area contributed by atoms with E-state index in [4.69, 9.17) is 14.2 Å². The molecule has 1 aliphatic rings. The SMILES string of the molecule is CCOC(=O)C1CCN(C(=O)c2ccc(OCC)c(COc3ccccc3)c2)CC1. The fourth-order valence-electron chi connectivity index (χ4n) is 3.56. The molecule has 0 bridgehead atoms. The van der Waals surface area contributed by atoms with E-state index >= 15 is 0 Å². The maximum Gasteiger partial charge on any atom is 0.309 e. The van der Waals surface area contributed by atoms with Gasteiger partial charge >= 0.3 is 5.97 Å². The maximum atomic E-state index is 13.0. The summed E-state index contributed by atoms with van der Waals surface area (Å²) in [5, 5.41) is 0. The van der Waals surface area contributed by atoms with E-state index in [0.29, 0.717) is 57.1 Å². The highest BCUT2D eigenvalue weighted by Gasteiger charge is 2.29. The highest BCUT2D eigenvalue weighted by molar-refractivity contribution is 5.94. The molecular weight excluding hydrogens is 382 g/mol. The van der Waals surface area contributed by atoms with Crippen LogP contribution in [0.4, 0.5) is 0 Å². The molecule has 2 aromatic rings. The number of benzene rings is 2. The van der Waals surface area contributed by atoms with Gasteiger partial charge in [-0.15, -0.1) is 0 Å². The molecule has 0 spiro atoms. The lowest BCUT2D eigenvalue weighted by atomic mass is 9.96. The Bertz CT molecular complexity index is 844. The van der Waals surface area contributed by atoms with Crippen molar-refractivity contribution in [1.82, 2.24) is 4.90 Å². The summed E-state index contributed by atoms with van der Waals surface area (Å²) in [6.45, 7) is 6.06. The van der Waals surface area contributed by atoms with Crippen LogP contribution in [-0.4, -0.2) is 43.1 Å². The van der Waals surface area contributed by atoms with Crippen molar-refractivity contribution >= 4 is 11.9 Å². The number of ether oxygens (including phenoxy) is 3. The number of rotatable bonds is 8. The van der Waals surface area contributed by atoms with Crippen LogP contribution in [0.2, 0.25) is 0 Å². The van der Waals surface area contributed by atoms with Gasteiger partial charge in [0.15, 0.2) is 0 Å². The lowest BCUT2D eigenvalue weighted by Gasteiger charge is -2.31. The first-order valence-corrected chi connectivity index (χ1v) is 10.5. The average Bonchev–Trinajstić information content (AvgIpc) is 2.79. The minimum Gasteiger partial charge on any atom is -0.493 e. The third kappa shape index (κ3) is 5.53. The van der Waals surface area contributed by atoms with Gasteiger partial charge in [0.05, 0.1) is 19.1 Å². The average molecular weight is 411 g/mol. The Kier molecular flexibility index (Phi) is 7.71. The molecule has 1 fully saturated rings. The molecule has 0 N–H and O–H groups in total. The van der Waals surface area contributed by atoms with Crippen molar-refractivity contribution in [1.29, 1.82) is 0 Å². The summed E-state index contributed by atoms with van der Waals surface area (Å²) in [5.74, 6) is 1.15. The second-order valence-corrected chi connectivity index (χ2v) is 7.18. The molecule has 0 unspecified atom stereocenters. The third-order valence-corrected chi connectivity index (χ3v) is 5.15. The van der Waals surface area contributed by atoms with Crippen molar-refractivity contribution in [2.75, 3.05) is 26.3 Å². The number of nitrogens with zero attached hydrogens (tertiary/aromatic N) is 1. The molecule has 6 nitrogen and oxygen atoms in total. The fourth-order valence-corrected chi connectivity index (χ4v) is 3.56. The number of carbonyl (C=O) groups is 2. The van der Waals surface area contributed by atoms with Crippen LogP contribution in [0.15, 0.2) is 48.5 Å². The number of piperidine rings is 1. The molecule has 0 aromatic heterocycles. The van der Waals surface area contributed by atoms with Crippen molar-refractivity contribution in [3.8, 4) is 11.5 Å². The summed E-state index contributed by atoms with van der Waals surface area (Å²) in [7, 11) is 0. The summed E-state index contributed by atoms with van der Waals surface area (Å²) in [6.07, 6.45) is 1.26. The second-order valence-electron chi connectivity index (χ2n) is 7.18. The largest absolute Gasteiger partial charge is 0.493 e. The highest BCUT2D eigenvalue weighted by Crippen LogP contribution is 2.25. The number of hydrogen-bond donors (Lipinski definition) is 0. The number of carbonyl (C=O) groups excluding carboxylic acids is 2. The molecule has 0 aliphatic carbocycles. The second kappa shape index (κ2) is 10.7. The Morgan fingerprint density at radius 2 is 1.70 bits per heavy atom. The Labute approximate surface area is 177 Å². The molecular formula is C24H29NO5. The summed E-state index contributed by atoms with van der Waals surface area (Å²) in [6, 6.07) is 15.0. The van der Waals surface area contributed by atoms with Gasteiger partial charge in [0, 0.05) is 24.2 Å². The van der Waals surface area contributed by atoms with Crippen LogP contribution in [0, 0.1) is 5.92 Å². The molecule has 1 aliphatic heterocycles. The number of hydrogen-bond acceptors (Lipinski definition) is 5. The predicted molar refractivity (Wildman–Crippen MR) is 114 cm³/mol. The number of amides is 1.